The van der Waals surface area contributed by atoms with Crippen LogP contribution in [0.3, 0.4) is 0 Å². The Morgan fingerprint density at radius 1 is 0.893 bits per heavy atom. The van der Waals surface area contributed by atoms with Crippen LogP contribution >= 0.6 is 0 Å². The summed E-state index contributed by atoms with van der Waals surface area (Å²) in [6, 6.07) is 23.1. The van der Waals surface area contributed by atoms with E-state index in [2.05, 4.69) is 4.72 Å². The van der Waals surface area contributed by atoms with Crippen LogP contribution in [0.1, 0.15) is 11.1 Å². The number of nitrogens with two attached hydrogens (primary N) is 2. The Hall–Kier alpha value is -3.16. The van der Waals surface area contributed by atoms with Crippen molar-refractivity contribution in [3.05, 3.63) is 90.0 Å². The van der Waals surface area contributed by atoms with Gasteiger partial charge in [-0.15, -0.1) is 0 Å². The van der Waals surface area contributed by atoms with E-state index in [9.17, 15) is 13.2 Å². The van der Waals surface area contributed by atoms with Gasteiger partial charge in [-0.25, -0.2) is 8.42 Å². The topological polar surface area (TPSA) is 115 Å². The van der Waals surface area contributed by atoms with Crippen LogP contribution in [-0.4, -0.2) is 20.6 Å². The molecule has 0 saturated heterocycles. The van der Waals surface area contributed by atoms with Gasteiger partial charge < -0.3 is 11.5 Å². The first-order valence-corrected chi connectivity index (χ1v) is 10.4. The first-order chi connectivity index (χ1) is 13.2. The number of carbonyl (C=O) groups excluding carboxylic acids is 1. The molecule has 1 amide bonds. The summed E-state index contributed by atoms with van der Waals surface area (Å²) < 4.78 is 25.2. The number of rotatable bonds is 6. The van der Waals surface area contributed by atoms with E-state index in [4.69, 9.17) is 11.5 Å². The smallest absolute Gasteiger partial charge is 0.246 e. The minimum absolute atomic E-state index is 0.445. The van der Waals surface area contributed by atoms with Crippen molar-refractivity contribution in [1.82, 2.24) is 0 Å². The maximum Gasteiger partial charge on any atom is 0.246 e. The van der Waals surface area contributed by atoms with Crippen molar-refractivity contribution in [3.63, 3.8) is 0 Å². The first kappa shape index (κ1) is 19.6. The average molecular weight is 395 g/mol. The lowest BCUT2D eigenvalue weighted by Gasteiger charge is -2.29. The zero-order valence-corrected chi connectivity index (χ0v) is 16.1. The van der Waals surface area contributed by atoms with Crippen LogP contribution in [0.2, 0.25) is 0 Å². The summed E-state index contributed by atoms with van der Waals surface area (Å²) in [5, 5.41) is 0. The molecule has 3 rings (SSSR count). The molecule has 0 radical (unpaired) electrons. The molecule has 0 heterocycles. The van der Waals surface area contributed by atoms with Crippen molar-refractivity contribution < 1.29 is 13.2 Å². The van der Waals surface area contributed by atoms with Crippen molar-refractivity contribution in [2.75, 3.05) is 11.0 Å². The summed E-state index contributed by atoms with van der Waals surface area (Å²) in [4.78, 5) is 12.4. The van der Waals surface area contributed by atoms with Gasteiger partial charge in [0.15, 0.2) is 0 Å². The molecule has 1 atom stereocenters. The van der Waals surface area contributed by atoms with Crippen molar-refractivity contribution in [2.45, 2.75) is 5.54 Å². The molecule has 3 aromatic carbocycles. The normalized spacial score (nSPS) is 13.5. The molecule has 28 heavy (non-hydrogen) atoms. The minimum Gasteiger partial charge on any atom is -0.367 e. The largest absolute Gasteiger partial charge is 0.367 e. The summed E-state index contributed by atoms with van der Waals surface area (Å²) >= 11 is 0. The number of benzene rings is 3. The Morgan fingerprint density at radius 3 is 2.04 bits per heavy atom. The monoisotopic (exact) mass is 395 g/mol. The zero-order chi connectivity index (χ0) is 20.4. The van der Waals surface area contributed by atoms with E-state index in [1.165, 1.54) is 0 Å². The second-order valence-electron chi connectivity index (χ2n) is 6.54. The van der Waals surface area contributed by atoms with E-state index in [0.29, 0.717) is 16.8 Å². The molecular weight excluding hydrogens is 374 g/mol. The lowest BCUT2D eigenvalue weighted by Crippen LogP contribution is -2.50. The van der Waals surface area contributed by atoms with Gasteiger partial charge >= 0.3 is 0 Å². The van der Waals surface area contributed by atoms with Crippen LogP contribution < -0.4 is 16.2 Å². The van der Waals surface area contributed by atoms with Gasteiger partial charge in [0.1, 0.15) is 5.54 Å². The van der Waals surface area contributed by atoms with Crippen LogP contribution in [0, 0.1) is 0 Å². The molecule has 0 aromatic heterocycles. The number of anilines is 1. The lowest BCUT2D eigenvalue weighted by atomic mass is 9.79. The van der Waals surface area contributed by atoms with Gasteiger partial charge in [-0.3, -0.25) is 9.52 Å². The van der Waals surface area contributed by atoms with Gasteiger partial charge in [0.25, 0.3) is 0 Å². The van der Waals surface area contributed by atoms with Gasteiger partial charge in [-0.05, 0) is 34.4 Å². The molecule has 0 aliphatic heterocycles. The zero-order valence-electron chi connectivity index (χ0n) is 15.3. The van der Waals surface area contributed by atoms with E-state index in [1.54, 1.807) is 60.7 Å². The van der Waals surface area contributed by atoms with Crippen LogP contribution in [0.25, 0.3) is 11.1 Å². The molecule has 7 heteroatoms. The Kier molecular flexibility index (Phi) is 5.22. The van der Waals surface area contributed by atoms with E-state index in [1.807, 2.05) is 18.2 Å². The van der Waals surface area contributed by atoms with Gasteiger partial charge in [-0.2, -0.15) is 0 Å². The number of hydrogen-bond acceptors (Lipinski definition) is 4. The number of primary amides is 1. The van der Waals surface area contributed by atoms with Crippen LogP contribution in [0.4, 0.5) is 5.69 Å². The predicted octanol–water partition coefficient (Wildman–Crippen LogP) is 2.41. The maximum absolute atomic E-state index is 12.4. The average Bonchev–Trinajstić information content (AvgIpc) is 2.67. The fraction of sp³-hybridized carbons (Fsp3) is 0.0952. The van der Waals surface area contributed by atoms with Gasteiger partial charge in [0.2, 0.25) is 15.9 Å². The molecule has 5 N–H and O–H groups in total. The van der Waals surface area contributed by atoms with E-state index in [0.717, 1.165) is 17.4 Å². The fourth-order valence-electron chi connectivity index (χ4n) is 3.14. The lowest BCUT2D eigenvalue weighted by molar-refractivity contribution is -0.122. The van der Waals surface area contributed by atoms with Crippen molar-refractivity contribution >= 4 is 21.6 Å². The first-order valence-electron chi connectivity index (χ1n) is 8.54. The molecule has 0 aliphatic rings. The maximum atomic E-state index is 12.4. The van der Waals surface area contributed by atoms with E-state index < -0.39 is 21.5 Å². The third kappa shape index (κ3) is 3.90. The molecule has 1 unspecified atom stereocenters. The summed E-state index contributed by atoms with van der Waals surface area (Å²) in [6.45, 7) is 0. The second kappa shape index (κ2) is 7.46. The van der Waals surface area contributed by atoms with Gasteiger partial charge in [-0.1, -0.05) is 66.7 Å². The van der Waals surface area contributed by atoms with Gasteiger partial charge in [0, 0.05) is 5.69 Å². The predicted molar refractivity (Wildman–Crippen MR) is 111 cm³/mol. The van der Waals surface area contributed by atoms with Crippen molar-refractivity contribution in [2.24, 2.45) is 11.5 Å². The highest BCUT2D eigenvalue weighted by Crippen LogP contribution is 2.35. The second-order valence-corrected chi connectivity index (χ2v) is 8.28. The van der Waals surface area contributed by atoms with Crippen molar-refractivity contribution in [1.29, 1.82) is 0 Å². The van der Waals surface area contributed by atoms with E-state index in [-0.39, 0.29) is 0 Å². The standard InChI is InChI=1S/C21H21N3O3S/c1-28(26,27)24-17-13-11-15(12-14-17)18-9-5-6-10-19(18)21(23,20(22)25)16-7-3-2-4-8-16/h2-14,24H,23H2,1H3,(H2,22,25). The minimum atomic E-state index is -3.36. The highest BCUT2D eigenvalue weighted by molar-refractivity contribution is 7.92. The number of nitrogens with one attached hydrogen (secondary N) is 1. The fourth-order valence-corrected chi connectivity index (χ4v) is 3.71. The van der Waals surface area contributed by atoms with E-state index >= 15 is 0 Å². The molecule has 0 spiro atoms. The van der Waals surface area contributed by atoms with Gasteiger partial charge in [0.05, 0.1) is 6.26 Å². The third-order valence-electron chi connectivity index (χ3n) is 4.47. The summed E-state index contributed by atoms with van der Waals surface area (Å²) in [5.74, 6) is -0.665. The number of sulfonamides is 1. The molecular formula is C21H21N3O3S. The quantitative estimate of drug-likeness (QED) is 0.594. The summed E-state index contributed by atoms with van der Waals surface area (Å²) in [5.41, 5.74) is 13.9. The highest BCUT2D eigenvalue weighted by atomic mass is 32.2. The molecule has 0 fully saturated rings. The van der Waals surface area contributed by atoms with Crippen LogP contribution in [-0.2, 0) is 20.4 Å². The molecule has 6 nitrogen and oxygen atoms in total. The molecule has 0 saturated carbocycles. The molecule has 3 aromatic rings. The van der Waals surface area contributed by atoms with Crippen molar-refractivity contribution in [3.8, 4) is 11.1 Å². The Bertz CT molecular complexity index is 1100. The molecule has 0 aliphatic carbocycles. The third-order valence-corrected chi connectivity index (χ3v) is 5.08. The molecule has 0 bridgehead atoms. The number of carbonyl (C=O) groups is 1. The Balaban J connectivity index is 2.12. The number of hydrogen-bond donors (Lipinski definition) is 3. The summed E-state index contributed by atoms with van der Waals surface area (Å²) in [7, 11) is -3.36. The highest BCUT2D eigenvalue weighted by Gasteiger charge is 2.38. The SMILES string of the molecule is CS(=O)(=O)Nc1ccc(-c2ccccc2C(N)(C(N)=O)c2ccccc2)cc1. The Labute approximate surface area is 164 Å². The van der Waals surface area contributed by atoms with Crippen LogP contribution in [0.5, 0.6) is 0 Å². The summed E-state index contributed by atoms with van der Waals surface area (Å²) in [6.07, 6.45) is 1.09. The number of amides is 1. The Morgan fingerprint density at radius 2 is 1.46 bits per heavy atom. The van der Waals surface area contributed by atoms with Crippen LogP contribution in [0.15, 0.2) is 78.9 Å². The molecule has 144 valence electrons.